The number of para-hydroxylation sites is 1. The molecule has 0 radical (unpaired) electrons. The number of nitrogens with one attached hydrogen (secondary N) is 1. The van der Waals surface area contributed by atoms with Crippen molar-refractivity contribution in [3.05, 3.63) is 59.1 Å². The van der Waals surface area contributed by atoms with Crippen molar-refractivity contribution in [2.75, 3.05) is 36.0 Å². The van der Waals surface area contributed by atoms with E-state index in [0.29, 0.717) is 19.0 Å². The van der Waals surface area contributed by atoms with Gasteiger partial charge in [0, 0.05) is 48.4 Å². The molecule has 2 aliphatic rings. The van der Waals surface area contributed by atoms with Crippen molar-refractivity contribution in [2.45, 2.75) is 12.8 Å². The van der Waals surface area contributed by atoms with Crippen molar-refractivity contribution >= 4 is 39.1 Å². The molecule has 2 fully saturated rings. The number of rotatable bonds is 5. The Balaban J connectivity index is 1.28. The highest BCUT2D eigenvalue weighted by molar-refractivity contribution is 9.10. The number of anilines is 2. The molecule has 0 saturated carbocycles. The van der Waals surface area contributed by atoms with E-state index in [9.17, 15) is 9.59 Å². The number of hydrogen-bond acceptors (Lipinski definition) is 3. The van der Waals surface area contributed by atoms with Crippen LogP contribution < -0.4 is 15.1 Å². The first-order valence-electron chi connectivity index (χ1n) is 9.74. The minimum Gasteiger partial charge on any atom is -0.371 e. The highest BCUT2D eigenvalue weighted by atomic mass is 79.9. The Kier molecular flexibility index (Phi) is 5.67. The van der Waals surface area contributed by atoms with E-state index < -0.39 is 0 Å². The standard InChI is InChI=1S/C22H24BrN3O2/c23-18-6-8-20(9-7-18)26-15-17(12-21(26)27)22(28)24-13-16-10-11-25(14-16)19-4-2-1-3-5-19/h1-9,16-17H,10-15H2,(H,24,28)/t16-,17+/m1/s1. The Morgan fingerprint density at radius 3 is 2.54 bits per heavy atom. The van der Waals surface area contributed by atoms with E-state index in [1.807, 2.05) is 30.3 Å². The van der Waals surface area contributed by atoms with Crippen molar-refractivity contribution in [1.29, 1.82) is 0 Å². The van der Waals surface area contributed by atoms with Gasteiger partial charge in [0.1, 0.15) is 0 Å². The van der Waals surface area contributed by atoms with Gasteiger partial charge in [-0.25, -0.2) is 0 Å². The lowest BCUT2D eigenvalue weighted by Crippen LogP contribution is -2.36. The second-order valence-corrected chi connectivity index (χ2v) is 8.48. The normalized spacial score (nSPS) is 22.0. The highest BCUT2D eigenvalue weighted by Gasteiger charge is 2.35. The number of carbonyl (C=O) groups excluding carboxylic acids is 2. The van der Waals surface area contributed by atoms with Crippen LogP contribution in [0.1, 0.15) is 12.8 Å². The van der Waals surface area contributed by atoms with Crippen molar-refractivity contribution in [3.8, 4) is 0 Å². The van der Waals surface area contributed by atoms with Crippen molar-refractivity contribution < 1.29 is 9.59 Å². The predicted molar refractivity (Wildman–Crippen MR) is 114 cm³/mol. The maximum Gasteiger partial charge on any atom is 0.227 e. The average Bonchev–Trinajstić information content (AvgIpc) is 3.34. The van der Waals surface area contributed by atoms with Gasteiger partial charge in [-0.05, 0) is 48.7 Å². The maximum absolute atomic E-state index is 12.6. The molecular weight excluding hydrogens is 418 g/mol. The minimum absolute atomic E-state index is 0.00822. The zero-order valence-electron chi connectivity index (χ0n) is 15.7. The molecule has 2 saturated heterocycles. The SMILES string of the molecule is O=C(NC[C@H]1CCN(c2ccccc2)C1)[C@H]1CC(=O)N(c2ccc(Br)cc2)C1. The molecule has 2 aromatic rings. The maximum atomic E-state index is 12.6. The van der Waals surface area contributed by atoms with Crippen molar-refractivity contribution in [1.82, 2.24) is 5.32 Å². The van der Waals surface area contributed by atoms with Crippen LogP contribution in [-0.4, -0.2) is 38.0 Å². The number of halogens is 1. The first-order valence-corrected chi connectivity index (χ1v) is 10.5. The minimum atomic E-state index is -0.275. The first-order chi connectivity index (χ1) is 13.6. The summed E-state index contributed by atoms with van der Waals surface area (Å²) in [5.41, 5.74) is 2.08. The van der Waals surface area contributed by atoms with E-state index in [-0.39, 0.29) is 24.2 Å². The van der Waals surface area contributed by atoms with E-state index in [2.05, 4.69) is 50.4 Å². The smallest absolute Gasteiger partial charge is 0.227 e. The van der Waals surface area contributed by atoms with E-state index in [4.69, 9.17) is 0 Å². The van der Waals surface area contributed by atoms with Gasteiger partial charge in [-0.3, -0.25) is 9.59 Å². The van der Waals surface area contributed by atoms with Gasteiger partial charge in [0.05, 0.1) is 5.92 Å². The number of carbonyl (C=O) groups is 2. The molecule has 28 heavy (non-hydrogen) atoms. The summed E-state index contributed by atoms with van der Waals surface area (Å²) >= 11 is 3.41. The second-order valence-electron chi connectivity index (χ2n) is 7.56. The lowest BCUT2D eigenvalue weighted by molar-refractivity contribution is -0.126. The summed E-state index contributed by atoms with van der Waals surface area (Å²) in [6, 6.07) is 18.0. The Bertz CT molecular complexity index is 841. The first kappa shape index (κ1) is 19.0. The van der Waals surface area contributed by atoms with Gasteiger partial charge in [0.25, 0.3) is 0 Å². The lowest BCUT2D eigenvalue weighted by Gasteiger charge is -2.19. The van der Waals surface area contributed by atoms with Crippen molar-refractivity contribution in [3.63, 3.8) is 0 Å². The number of nitrogens with zero attached hydrogens (tertiary/aromatic N) is 2. The molecule has 2 amide bonds. The van der Waals surface area contributed by atoms with Crippen LogP contribution in [0.5, 0.6) is 0 Å². The molecule has 2 aliphatic heterocycles. The summed E-state index contributed by atoms with van der Waals surface area (Å²) in [7, 11) is 0. The molecule has 0 bridgehead atoms. The Morgan fingerprint density at radius 1 is 1.04 bits per heavy atom. The molecular formula is C22H24BrN3O2. The third kappa shape index (κ3) is 4.22. The summed E-state index contributed by atoms with van der Waals surface area (Å²) in [4.78, 5) is 29.1. The van der Waals surface area contributed by atoms with Crippen LogP contribution in [0, 0.1) is 11.8 Å². The fourth-order valence-corrected chi connectivity index (χ4v) is 4.28. The summed E-state index contributed by atoms with van der Waals surface area (Å²) in [5, 5.41) is 3.09. The fourth-order valence-electron chi connectivity index (χ4n) is 4.02. The molecule has 2 aromatic carbocycles. The molecule has 2 atom stereocenters. The van der Waals surface area contributed by atoms with Gasteiger partial charge >= 0.3 is 0 Å². The van der Waals surface area contributed by atoms with E-state index in [0.717, 1.165) is 29.7 Å². The molecule has 0 aromatic heterocycles. The molecule has 146 valence electrons. The fraction of sp³-hybridized carbons (Fsp3) is 0.364. The number of hydrogen-bond donors (Lipinski definition) is 1. The van der Waals surface area contributed by atoms with Crippen molar-refractivity contribution in [2.24, 2.45) is 11.8 Å². The van der Waals surface area contributed by atoms with Crippen LogP contribution in [0.2, 0.25) is 0 Å². The summed E-state index contributed by atoms with van der Waals surface area (Å²) in [6.07, 6.45) is 1.35. The zero-order chi connectivity index (χ0) is 19.5. The highest BCUT2D eigenvalue weighted by Crippen LogP contribution is 2.27. The second kappa shape index (κ2) is 8.35. The van der Waals surface area contributed by atoms with Gasteiger partial charge in [-0.2, -0.15) is 0 Å². The number of amides is 2. The molecule has 1 N–H and O–H groups in total. The predicted octanol–water partition coefficient (Wildman–Crippen LogP) is 3.44. The van der Waals surface area contributed by atoms with Crippen LogP contribution in [0.4, 0.5) is 11.4 Å². The van der Waals surface area contributed by atoms with Crippen LogP contribution in [0.3, 0.4) is 0 Å². The molecule has 6 heteroatoms. The number of benzene rings is 2. The molecule has 4 rings (SSSR count). The molecule has 0 unspecified atom stereocenters. The third-order valence-electron chi connectivity index (χ3n) is 5.61. The van der Waals surface area contributed by atoms with E-state index >= 15 is 0 Å². The van der Waals surface area contributed by atoms with Crippen LogP contribution in [-0.2, 0) is 9.59 Å². The molecule has 0 spiro atoms. The molecule has 5 nitrogen and oxygen atoms in total. The van der Waals surface area contributed by atoms with E-state index in [1.165, 1.54) is 5.69 Å². The van der Waals surface area contributed by atoms with Gasteiger partial charge in [0.2, 0.25) is 11.8 Å². The Hall–Kier alpha value is -2.34. The van der Waals surface area contributed by atoms with Gasteiger partial charge in [-0.1, -0.05) is 34.1 Å². The van der Waals surface area contributed by atoms with Crippen LogP contribution in [0.25, 0.3) is 0 Å². The van der Waals surface area contributed by atoms with Crippen LogP contribution >= 0.6 is 15.9 Å². The largest absolute Gasteiger partial charge is 0.371 e. The monoisotopic (exact) mass is 441 g/mol. The van der Waals surface area contributed by atoms with Gasteiger partial charge < -0.3 is 15.1 Å². The van der Waals surface area contributed by atoms with E-state index in [1.54, 1.807) is 4.90 Å². The lowest BCUT2D eigenvalue weighted by atomic mass is 10.1. The molecule has 2 heterocycles. The Labute approximate surface area is 173 Å². The third-order valence-corrected chi connectivity index (χ3v) is 6.13. The van der Waals surface area contributed by atoms with Gasteiger partial charge in [0.15, 0.2) is 0 Å². The summed E-state index contributed by atoms with van der Waals surface area (Å²) < 4.78 is 0.971. The molecule has 0 aliphatic carbocycles. The summed E-state index contributed by atoms with van der Waals surface area (Å²) in [5.74, 6) is 0.177. The Morgan fingerprint density at radius 2 is 1.79 bits per heavy atom. The van der Waals surface area contributed by atoms with Crippen LogP contribution in [0.15, 0.2) is 59.1 Å². The topological polar surface area (TPSA) is 52.7 Å². The quantitative estimate of drug-likeness (QED) is 0.772. The zero-order valence-corrected chi connectivity index (χ0v) is 17.3. The summed E-state index contributed by atoms with van der Waals surface area (Å²) in [6.45, 7) is 3.10. The van der Waals surface area contributed by atoms with Gasteiger partial charge in [-0.15, -0.1) is 0 Å². The average molecular weight is 442 g/mol.